The predicted octanol–water partition coefficient (Wildman–Crippen LogP) is 8.08. The molecule has 10 rings (SSSR count). The topological polar surface area (TPSA) is 193 Å². The van der Waals surface area contributed by atoms with Gasteiger partial charge in [-0.1, -0.05) is 44.9 Å². The van der Waals surface area contributed by atoms with E-state index in [9.17, 15) is 19.2 Å². The van der Waals surface area contributed by atoms with E-state index in [4.69, 9.17) is 28.9 Å². The summed E-state index contributed by atoms with van der Waals surface area (Å²) in [5.74, 6) is 2.30. The zero-order valence-electron chi connectivity index (χ0n) is 38.4. The van der Waals surface area contributed by atoms with E-state index in [1.165, 1.54) is 14.2 Å². The number of aromatic amines is 2. The highest BCUT2D eigenvalue weighted by atomic mass is 16.5. The highest BCUT2D eigenvalue weighted by molar-refractivity contribution is 6.07. The lowest BCUT2D eigenvalue weighted by atomic mass is 9.90. The van der Waals surface area contributed by atoms with Gasteiger partial charge in [0, 0.05) is 36.2 Å². The number of benzene rings is 3. The van der Waals surface area contributed by atoms with Gasteiger partial charge in [0.2, 0.25) is 11.8 Å². The molecule has 0 bridgehead atoms. The molecular formula is C50H60N8O8. The van der Waals surface area contributed by atoms with Gasteiger partial charge in [0.05, 0.1) is 49.2 Å². The van der Waals surface area contributed by atoms with Crippen molar-refractivity contribution in [2.24, 2.45) is 17.8 Å². The molecular weight excluding hydrogens is 841 g/mol. The minimum absolute atomic E-state index is 0.0166. The number of carbonyl (C=O) groups is 4. The number of rotatable bonds is 10. The van der Waals surface area contributed by atoms with Gasteiger partial charge in [-0.05, 0) is 116 Å². The molecule has 5 aromatic rings. The summed E-state index contributed by atoms with van der Waals surface area (Å²) in [5, 5.41) is 7.72. The molecule has 4 fully saturated rings. The van der Waals surface area contributed by atoms with Crippen LogP contribution in [-0.4, -0.2) is 105 Å². The van der Waals surface area contributed by atoms with Crippen LogP contribution in [0, 0.1) is 17.8 Å². The van der Waals surface area contributed by atoms with E-state index in [2.05, 4.69) is 57.0 Å². The van der Waals surface area contributed by atoms with Gasteiger partial charge in [-0.25, -0.2) is 19.6 Å². The number of amides is 4. The zero-order valence-corrected chi connectivity index (χ0v) is 38.4. The Labute approximate surface area is 383 Å². The maximum Gasteiger partial charge on any atom is 0.407 e. The zero-order chi connectivity index (χ0) is 45.8. The fourth-order valence-corrected chi connectivity index (χ4v) is 11.6. The van der Waals surface area contributed by atoms with Crippen molar-refractivity contribution in [2.75, 3.05) is 27.4 Å². The number of fused-ring (bicyclic) bond motifs is 7. The van der Waals surface area contributed by atoms with Crippen LogP contribution in [0.5, 0.6) is 5.75 Å². The van der Waals surface area contributed by atoms with Gasteiger partial charge in [-0.15, -0.1) is 0 Å². The molecule has 4 N–H and O–H groups in total. The van der Waals surface area contributed by atoms with Gasteiger partial charge < -0.3 is 49.3 Å². The average Bonchev–Trinajstić information content (AvgIpc) is 4.20. The van der Waals surface area contributed by atoms with E-state index in [1.807, 2.05) is 42.8 Å². The summed E-state index contributed by atoms with van der Waals surface area (Å²) >= 11 is 0. The number of carbonyl (C=O) groups excluding carboxylic acids is 4. The summed E-state index contributed by atoms with van der Waals surface area (Å²) in [6.07, 6.45) is 8.18. The van der Waals surface area contributed by atoms with Gasteiger partial charge in [-0.3, -0.25) is 9.59 Å². The van der Waals surface area contributed by atoms with E-state index in [0.29, 0.717) is 44.4 Å². The van der Waals surface area contributed by atoms with Crippen LogP contribution < -0.4 is 15.4 Å². The largest absolute Gasteiger partial charge is 0.488 e. The molecule has 1 unspecified atom stereocenters. The molecule has 4 aliphatic heterocycles. The third-order valence-electron chi connectivity index (χ3n) is 15.3. The molecule has 3 saturated heterocycles. The fraction of sp³-hybridized carbons (Fsp3) is 0.520. The predicted molar refractivity (Wildman–Crippen MR) is 246 cm³/mol. The second kappa shape index (κ2) is 17.9. The highest BCUT2D eigenvalue weighted by Gasteiger charge is 2.50. The summed E-state index contributed by atoms with van der Waals surface area (Å²) < 4.78 is 22.0. The third-order valence-corrected chi connectivity index (χ3v) is 15.3. The standard InChI is InChI=1S/C50H60N8O8/c1-6-26(2)42(55-49(61)63-4)47(59)57-27(3)10-15-39(57)45-51-24-37(53-45)30-11-13-33-32(20-30)25-66-41-23-34-29(21-35(33)41)12-14-36-44(34)54-46(52-36)40-22-31-8-7-9-38(31)58(40)48(60)43(56-50(62)64-5)28-16-18-65-19-17-28/h11-14,20-21,23-24,26-28,31,38-40,42-43H,6-10,15-19,22,25H2,1-5H3,(H,51,53)(H,52,54)(H,55,61)(H,56,62)/t26-,27-,31-,38-,39-,40-,42?,43-/m0/s1. The van der Waals surface area contributed by atoms with Crippen molar-refractivity contribution >= 4 is 45.8 Å². The van der Waals surface area contributed by atoms with Crippen LogP contribution in [0.1, 0.15) is 108 Å². The molecule has 0 spiro atoms. The number of methoxy groups -OCH3 is 2. The molecule has 4 amide bonds. The maximum atomic E-state index is 14.7. The van der Waals surface area contributed by atoms with E-state index < -0.39 is 24.3 Å². The van der Waals surface area contributed by atoms with Crippen molar-refractivity contribution in [1.29, 1.82) is 0 Å². The Balaban J connectivity index is 0.911. The first-order chi connectivity index (χ1) is 32.0. The Hall–Kier alpha value is -6.16. The van der Waals surface area contributed by atoms with E-state index in [-0.39, 0.29) is 47.8 Å². The van der Waals surface area contributed by atoms with Crippen molar-refractivity contribution in [3.05, 3.63) is 65.9 Å². The lowest BCUT2D eigenvalue weighted by Gasteiger charge is -2.36. The first-order valence-corrected chi connectivity index (χ1v) is 23.7. The quantitative estimate of drug-likeness (QED) is 0.107. The second-order valence-electron chi connectivity index (χ2n) is 19.0. The minimum atomic E-state index is -0.705. The molecule has 1 aliphatic carbocycles. The minimum Gasteiger partial charge on any atom is -0.488 e. The Morgan fingerprint density at radius 3 is 2.45 bits per heavy atom. The van der Waals surface area contributed by atoms with Crippen LogP contribution in [0.2, 0.25) is 0 Å². The number of H-pyrrole nitrogens is 2. The average molecular weight is 901 g/mol. The van der Waals surface area contributed by atoms with Crippen LogP contribution in [0.25, 0.3) is 44.2 Å². The Bertz CT molecular complexity index is 2670. The molecule has 66 heavy (non-hydrogen) atoms. The van der Waals surface area contributed by atoms with Crippen molar-refractivity contribution in [2.45, 2.75) is 121 Å². The van der Waals surface area contributed by atoms with Crippen molar-refractivity contribution in [3.63, 3.8) is 0 Å². The van der Waals surface area contributed by atoms with E-state index in [1.54, 1.807) is 0 Å². The van der Waals surface area contributed by atoms with Crippen molar-refractivity contribution < 1.29 is 38.1 Å². The molecule has 5 aliphatic rings. The normalized spacial score (nSPS) is 24.0. The Morgan fingerprint density at radius 1 is 0.864 bits per heavy atom. The number of imidazole rings is 2. The molecule has 1 saturated carbocycles. The van der Waals surface area contributed by atoms with E-state index >= 15 is 0 Å². The number of alkyl carbamates (subject to hydrolysis) is 2. The summed E-state index contributed by atoms with van der Waals surface area (Å²) in [4.78, 5) is 74.7. The highest BCUT2D eigenvalue weighted by Crippen LogP contribution is 2.49. The fourth-order valence-electron chi connectivity index (χ4n) is 11.6. The molecule has 16 heteroatoms. The number of nitrogens with one attached hydrogen (secondary N) is 4. The Morgan fingerprint density at radius 2 is 1.67 bits per heavy atom. The number of ether oxygens (including phenoxy) is 4. The maximum absolute atomic E-state index is 14.7. The van der Waals surface area contributed by atoms with Gasteiger partial charge in [-0.2, -0.15) is 0 Å². The molecule has 8 atom stereocenters. The van der Waals surface area contributed by atoms with Gasteiger partial charge >= 0.3 is 12.2 Å². The number of nitrogens with zero attached hydrogens (tertiary/aromatic N) is 4. The van der Waals surface area contributed by atoms with E-state index in [0.717, 1.165) is 106 Å². The van der Waals surface area contributed by atoms with Crippen LogP contribution in [0.3, 0.4) is 0 Å². The van der Waals surface area contributed by atoms with Crippen LogP contribution in [0.15, 0.2) is 48.7 Å². The smallest absolute Gasteiger partial charge is 0.407 e. The van der Waals surface area contributed by atoms with Crippen LogP contribution in [0.4, 0.5) is 9.59 Å². The molecule has 3 aromatic carbocycles. The van der Waals surface area contributed by atoms with Gasteiger partial charge in [0.1, 0.15) is 36.1 Å². The summed E-state index contributed by atoms with van der Waals surface area (Å²) in [5.41, 5.74) is 6.67. The summed E-state index contributed by atoms with van der Waals surface area (Å²) in [6.45, 7) is 7.51. The number of likely N-dealkylation sites (tertiary alicyclic amines) is 2. The second-order valence-corrected chi connectivity index (χ2v) is 19.0. The van der Waals surface area contributed by atoms with Gasteiger partial charge in [0.25, 0.3) is 0 Å². The molecule has 0 radical (unpaired) electrons. The first kappa shape index (κ1) is 43.7. The lowest BCUT2D eigenvalue weighted by molar-refractivity contribution is -0.139. The first-order valence-electron chi connectivity index (χ1n) is 23.7. The summed E-state index contributed by atoms with van der Waals surface area (Å²) in [6, 6.07) is 12.9. The number of hydrogen-bond donors (Lipinski definition) is 4. The molecule has 2 aromatic heterocycles. The van der Waals surface area contributed by atoms with Crippen LogP contribution in [-0.2, 0) is 30.4 Å². The summed E-state index contributed by atoms with van der Waals surface area (Å²) in [7, 11) is 2.64. The number of aromatic nitrogens is 4. The van der Waals surface area contributed by atoms with Crippen molar-refractivity contribution in [3.8, 4) is 28.1 Å². The van der Waals surface area contributed by atoms with Crippen molar-refractivity contribution in [1.82, 2.24) is 40.4 Å². The third kappa shape index (κ3) is 7.79. The van der Waals surface area contributed by atoms with Gasteiger partial charge in [0.15, 0.2) is 0 Å². The van der Waals surface area contributed by atoms with Crippen LogP contribution >= 0.6 is 0 Å². The lowest BCUT2D eigenvalue weighted by Crippen LogP contribution is -2.55. The monoisotopic (exact) mass is 900 g/mol. The SMILES string of the molecule is CC[C@H](C)C(NC(=O)OC)C(=O)N1[C@@H](C)CC[C@H]1c1ncc(-c2ccc3c(c2)COc2cc4c(ccc5nc([C@@H]6C[C@@H]7CCC[C@@H]7N6C(=O)[C@@H](NC(=O)OC)C6CCOCC6)[nH]c54)cc2-3)[nH]1. The molecule has 6 heterocycles. The molecule has 16 nitrogen and oxygen atoms in total. The Kier molecular flexibility index (Phi) is 11.9. The molecule has 348 valence electrons. The number of hydrogen-bond acceptors (Lipinski definition) is 10.